The van der Waals surface area contributed by atoms with Gasteiger partial charge in [-0.05, 0) is 23.8 Å². The number of morpholine rings is 1. The van der Waals surface area contributed by atoms with Crippen molar-refractivity contribution in [1.82, 2.24) is 15.1 Å². The van der Waals surface area contributed by atoms with Gasteiger partial charge >= 0.3 is 6.03 Å². The van der Waals surface area contributed by atoms with Gasteiger partial charge in [0.25, 0.3) is 17.7 Å². The number of imide groups is 2. The van der Waals surface area contributed by atoms with E-state index in [0.29, 0.717) is 43.4 Å². The first-order valence-corrected chi connectivity index (χ1v) is 9.60. The molecular weight excluding hydrogens is 406 g/mol. The Morgan fingerprint density at radius 1 is 1.23 bits per heavy atom. The Hall–Kier alpha value is -3.66. The van der Waals surface area contributed by atoms with Crippen LogP contribution >= 0.6 is 0 Å². The molecule has 5 amide bonds. The Bertz CT molecular complexity index is 935. The van der Waals surface area contributed by atoms with Crippen LogP contribution in [0.1, 0.15) is 5.56 Å². The minimum absolute atomic E-state index is 0.0252. The second kappa shape index (κ2) is 9.90. The first-order chi connectivity index (χ1) is 14.9. The lowest BCUT2D eigenvalue weighted by atomic mass is 10.1. The number of urea groups is 1. The minimum Gasteiger partial charge on any atom is -0.493 e. The predicted molar refractivity (Wildman–Crippen MR) is 109 cm³/mol. The molecule has 1 aromatic carbocycles. The average molecular weight is 429 g/mol. The summed E-state index contributed by atoms with van der Waals surface area (Å²) in [5.74, 6) is -0.997. The van der Waals surface area contributed by atoms with Crippen molar-refractivity contribution < 1.29 is 33.4 Å². The number of hydrogen-bond acceptors (Lipinski definition) is 7. The van der Waals surface area contributed by atoms with E-state index in [9.17, 15) is 19.2 Å². The maximum absolute atomic E-state index is 12.5. The fraction of sp³-hybridized carbons (Fsp3) is 0.333. The molecule has 0 unspecified atom stereocenters. The fourth-order valence-electron chi connectivity index (χ4n) is 3.09. The number of nitrogens with one attached hydrogen (secondary N) is 1. The molecule has 0 saturated carbocycles. The van der Waals surface area contributed by atoms with Crippen LogP contribution in [-0.2, 0) is 19.1 Å². The molecule has 2 heterocycles. The standard InChI is InChI=1S/C21H23N3O7/c1-3-6-24-20(27)15(19(26)22-21(24)28)11-14-4-5-16(17(12-14)29-2)31-13-18(25)23-7-9-30-10-8-23/h3-5,11-12H,1,6-10,13H2,2H3,(H,22,26,28)/b15-11+. The molecule has 2 aliphatic heterocycles. The first-order valence-electron chi connectivity index (χ1n) is 9.60. The van der Waals surface area contributed by atoms with Crippen molar-refractivity contribution in [3.05, 3.63) is 42.0 Å². The van der Waals surface area contributed by atoms with E-state index in [1.165, 1.54) is 19.3 Å². The molecule has 0 spiro atoms. The number of hydrogen-bond donors (Lipinski definition) is 1. The third-order valence-electron chi connectivity index (χ3n) is 4.71. The predicted octanol–water partition coefficient (Wildman–Crippen LogP) is 0.581. The number of carbonyl (C=O) groups excluding carboxylic acids is 4. The second-order valence-corrected chi connectivity index (χ2v) is 6.71. The molecule has 0 aliphatic carbocycles. The Morgan fingerprint density at radius 3 is 2.65 bits per heavy atom. The van der Waals surface area contributed by atoms with Gasteiger partial charge < -0.3 is 19.1 Å². The number of carbonyl (C=O) groups is 4. The van der Waals surface area contributed by atoms with Crippen molar-refractivity contribution >= 4 is 29.8 Å². The second-order valence-electron chi connectivity index (χ2n) is 6.71. The maximum atomic E-state index is 12.5. The van der Waals surface area contributed by atoms with E-state index in [1.54, 1.807) is 23.1 Å². The van der Waals surface area contributed by atoms with E-state index in [0.717, 1.165) is 4.90 Å². The Labute approximate surface area is 179 Å². The van der Waals surface area contributed by atoms with Crippen LogP contribution in [0.25, 0.3) is 6.08 Å². The van der Waals surface area contributed by atoms with Gasteiger partial charge in [0.1, 0.15) is 5.57 Å². The number of barbiturate groups is 1. The molecule has 2 aliphatic rings. The SMILES string of the molecule is C=CCN1C(=O)NC(=O)/C(=C\c2ccc(OCC(=O)N3CCOCC3)c(OC)c2)C1=O. The van der Waals surface area contributed by atoms with Gasteiger partial charge in [0.15, 0.2) is 18.1 Å². The lowest BCUT2D eigenvalue weighted by Gasteiger charge is -2.26. The highest BCUT2D eigenvalue weighted by atomic mass is 16.5. The van der Waals surface area contributed by atoms with Crippen LogP contribution in [0.4, 0.5) is 4.79 Å². The number of amides is 5. The van der Waals surface area contributed by atoms with E-state index in [1.807, 2.05) is 0 Å². The summed E-state index contributed by atoms with van der Waals surface area (Å²) in [5.41, 5.74) is 0.287. The van der Waals surface area contributed by atoms with E-state index in [2.05, 4.69) is 11.9 Å². The number of nitrogens with zero attached hydrogens (tertiary/aromatic N) is 2. The summed E-state index contributed by atoms with van der Waals surface area (Å²) < 4.78 is 16.2. The normalized spacial score (nSPS) is 18.1. The van der Waals surface area contributed by atoms with E-state index >= 15 is 0 Å². The van der Waals surface area contributed by atoms with E-state index in [-0.39, 0.29) is 24.6 Å². The molecule has 0 atom stereocenters. The maximum Gasteiger partial charge on any atom is 0.331 e. The van der Waals surface area contributed by atoms with Crippen molar-refractivity contribution in [3.63, 3.8) is 0 Å². The summed E-state index contributed by atoms with van der Waals surface area (Å²) in [6, 6.07) is 3.96. The lowest BCUT2D eigenvalue weighted by molar-refractivity contribution is -0.137. The molecule has 3 rings (SSSR count). The molecule has 1 aromatic rings. The summed E-state index contributed by atoms with van der Waals surface area (Å²) in [6.45, 7) is 5.36. The molecule has 10 nitrogen and oxygen atoms in total. The largest absolute Gasteiger partial charge is 0.493 e. The zero-order valence-corrected chi connectivity index (χ0v) is 17.1. The molecule has 0 radical (unpaired) electrons. The van der Waals surface area contributed by atoms with Crippen LogP contribution in [0.5, 0.6) is 11.5 Å². The third kappa shape index (κ3) is 5.10. The van der Waals surface area contributed by atoms with Crippen LogP contribution in [0, 0.1) is 0 Å². The lowest BCUT2D eigenvalue weighted by Crippen LogP contribution is -2.54. The van der Waals surface area contributed by atoms with Crippen molar-refractivity contribution in [3.8, 4) is 11.5 Å². The summed E-state index contributed by atoms with van der Waals surface area (Å²) in [5, 5.41) is 2.12. The van der Waals surface area contributed by atoms with E-state index in [4.69, 9.17) is 14.2 Å². The molecule has 31 heavy (non-hydrogen) atoms. The van der Waals surface area contributed by atoms with Gasteiger partial charge in [-0.2, -0.15) is 0 Å². The van der Waals surface area contributed by atoms with Crippen molar-refractivity contribution in [1.29, 1.82) is 0 Å². The Kier molecular flexibility index (Phi) is 7.03. The van der Waals surface area contributed by atoms with Crippen LogP contribution in [0.3, 0.4) is 0 Å². The highest BCUT2D eigenvalue weighted by molar-refractivity contribution is 6.31. The monoisotopic (exact) mass is 429 g/mol. The van der Waals surface area contributed by atoms with Gasteiger partial charge in [-0.15, -0.1) is 6.58 Å². The van der Waals surface area contributed by atoms with Crippen LogP contribution in [-0.4, -0.2) is 80.1 Å². The summed E-state index contributed by atoms with van der Waals surface area (Å²) in [7, 11) is 1.44. The quantitative estimate of drug-likeness (QED) is 0.383. The summed E-state index contributed by atoms with van der Waals surface area (Å²) in [6.07, 6.45) is 2.74. The number of rotatable bonds is 7. The van der Waals surface area contributed by atoms with Gasteiger partial charge in [-0.3, -0.25) is 24.6 Å². The summed E-state index contributed by atoms with van der Waals surface area (Å²) >= 11 is 0. The number of benzene rings is 1. The highest BCUT2D eigenvalue weighted by Gasteiger charge is 2.34. The Morgan fingerprint density at radius 2 is 1.97 bits per heavy atom. The average Bonchev–Trinajstić information content (AvgIpc) is 2.78. The smallest absolute Gasteiger partial charge is 0.331 e. The molecule has 164 valence electrons. The molecule has 2 saturated heterocycles. The topological polar surface area (TPSA) is 114 Å². The van der Waals surface area contributed by atoms with E-state index < -0.39 is 17.8 Å². The zero-order valence-electron chi connectivity index (χ0n) is 17.1. The molecule has 0 bridgehead atoms. The van der Waals surface area contributed by atoms with Gasteiger partial charge in [-0.1, -0.05) is 12.1 Å². The third-order valence-corrected chi connectivity index (χ3v) is 4.71. The van der Waals surface area contributed by atoms with Gasteiger partial charge in [0, 0.05) is 19.6 Å². The van der Waals surface area contributed by atoms with Crippen LogP contribution in [0.2, 0.25) is 0 Å². The Balaban J connectivity index is 1.75. The molecule has 0 aromatic heterocycles. The summed E-state index contributed by atoms with van der Waals surface area (Å²) in [4.78, 5) is 51.3. The number of methoxy groups -OCH3 is 1. The highest BCUT2D eigenvalue weighted by Crippen LogP contribution is 2.29. The number of ether oxygens (including phenoxy) is 3. The van der Waals surface area contributed by atoms with Gasteiger partial charge in [0.2, 0.25) is 0 Å². The first kappa shape index (κ1) is 22.0. The molecular formula is C21H23N3O7. The molecule has 2 fully saturated rings. The van der Waals surface area contributed by atoms with Gasteiger partial charge in [0.05, 0.1) is 20.3 Å². The van der Waals surface area contributed by atoms with Crippen LogP contribution in [0.15, 0.2) is 36.4 Å². The molecule has 1 N–H and O–H groups in total. The van der Waals surface area contributed by atoms with Crippen molar-refractivity contribution in [2.45, 2.75) is 0 Å². The minimum atomic E-state index is -0.793. The van der Waals surface area contributed by atoms with Gasteiger partial charge in [-0.25, -0.2) is 4.79 Å². The van der Waals surface area contributed by atoms with Crippen molar-refractivity contribution in [2.24, 2.45) is 0 Å². The fourth-order valence-corrected chi connectivity index (χ4v) is 3.09. The van der Waals surface area contributed by atoms with Crippen LogP contribution < -0.4 is 14.8 Å². The zero-order chi connectivity index (χ0) is 22.4. The molecule has 10 heteroatoms. The van der Waals surface area contributed by atoms with Crippen molar-refractivity contribution in [2.75, 3.05) is 46.6 Å².